The first-order valence-corrected chi connectivity index (χ1v) is 8.98. The van der Waals surface area contributed by atoms with Gasteiger partial charge in [-0.3, -0.25) is 0 Å². The molecule has 2 aromatic rings. The van der Waals surface area contributed by atoms with Gasteiger partial charge in [0, 0.05) is 5.92 Å². The average molecular weight is 365 g/mol. The number of allylic oxidation sites excluding steroid dienone is 1. The first kappa shape index (κ1) is 18.7. The normalized spacial score (nSPS) is 14.6. The van der Waals surface area contributed by atoms with Gasteiger partial charge in [-0.25, -0.2) is 9.59 Å². The Morgan fingerprint density at radius 2 is 1.70 bits per heavy atom. The number of carboxylic acid groups (broad SMARTS) is 1. The van der Waals surface area contributed by atoms with Gasteiger partial charge in [0.15, 0.2) is 0 Å². The van der Waals surface area contributed by atoms with Crippen LogP contribution in [0.25, 0.3) is 11.1 Å². The van der Waals surface area contributed by atoms with Gasteiger partial charge < -0.3 is 15.2 Å². The highest BCUT2D eigenvalue weighted by Gasteiger charge is 2.30. The number of rotatable bonds is 7. The first-order chi connectivity index (χ1) is 13.0. The molecule has 2 aromatic carbocycles. The van der Waals surface area contributed by atoms with Crippen molar-refractivity contribution in [2.24, 2.45) is 5.92 Å². The van der Waals surface area contributed by atoms with Crippen molar-refractivity contribution in [3.8, 4) is 11.1 Å². The Kier molecular flexibility index (Phi) is 5.60. The molecule has 5 nitrogen and oxygen atoms in total. The maximum Gasteiger partial charge on any atom is 0.407 e. The second-order valence-electron chi connectivity index (χ2n) is 6.79. The van der Waals surface area contributed by atoms with Crippen molar-refractivity contribution in [2.45, 2.75) is 25.3 Å². The van der Waals surface area contributed by atoms with Crippen LogP contribution in [0.1, 0.15) is 30.4 Å². The number of amides is 1. The van der Waals surface area contributed by atoms with Crippen molar-refractivity contribution >= 4 is 12.1 Å². The van der Waals surface area contributed by atoms with Gasteiger partial charge in [0.2, 0.25) is 0 Å². The van der Waals surface area contributed by atoms with E-state index in [2.05, 4.69) is 24.0 Å². The molecule has 1 aliphatic carbocycles. The van der Waals surface area contributed by atoms with E-state index in [9.17, 15) is 14.7 Å². The van der Waals surface area contributed by atoms with E-state index in [1.54, 1.807) is 13.0 Å². The molecule has 1 aliphatic rings. The third-order valence-corrected chi connectivity index (χ3v) is 4.99. The van der Waals surface area contributed by atoms with Crippen molar-refractivity contribution in [1.29, 1.82) is 0 Å². The summed E-state index contributed by atoms with van der Waals surface area (Å²) in [6.45, 7) is 5.52. The van der Waals surface area contributed by atoms with Crippen molar-refractivity contribution < 1.29 is 19.4 Å². The highest BCUT2D eigenvalue weighted by molar-refractivity contribution is 5.81. The number of fused-ring (bicyclic) bond motifs is 3. The predicted molar refractivity (Wildman–Crippen MR) is 104 cm³/mol. The lowest BCUT2D eigenvalue weighted by atomic mass is 9.98. The van der Waals surface area contributed by atoms with Gasteiger partial charge in [-0.15, -0.1) is 6.58 Å². The highest BCUT2D eigenvalue weighted by Crippen LogP contribution is 2.44. The van der Waals surface area contributed by atoms with E-state index in [0.29, 0.717) is 6.42 Å². The quantitative estimate of drug-likeness (QED) is 0.722. The molecular formula is C22H23NO4. The Hall–Kier alpha value is -3.08. The average Bonchev–Trinajstić information content (AvgIpc) is 2.98. The van der Waals surface area contributed by atoms with Gasteiger partial charge in [0.25, 0.3) is 0 Å². The van der Waals surface area contributed by atoms with Crippen molar-refractivity contribution in [2.75, 3.05) is 6.61 Å². The van der Waals surface area contributed by atoms with Gasteiger partial charge in [-0.05, 0) is 34.6 Å². The van der Waals surface area contributed by atoms with Gasteiger partial charge in [-0.1, -0.05) is 61.5 Å². The fourth-order valence-electron chi connectivity index (χ4n) is 3.61. The van der Waals surface area contributed by atoms with Crippen LogP contribution in [0.15, 0.2) is 61.2 Å². The minimum atomic E-state index is -1.09. The Labute approximate surface area is 158 Å². The van der Waals surface area contributed by atoms with Crippen LogP contribution in [-0.4, -0.2) is 29.8 Å². The lowest BCUT2D eigenvalue weighted by Crippen LogP contribution is -2.45. The van der Waals surface area contributed by atoms with E-state index in [0.717, 1.165) is 22.3 Å². The number of carbonyl (C=O) groups excluding carboxylic acids is 1. The molecule has 0 spiro atoms. The molecule has 0 aliphatic heterocycles. The molecule has 0 aromatic heterocycles. The van der Waals surface area contributed by atoms with Gasteiger partial charge in [0.05, 0.1) is 0 Å². The predicted octanol–water partition coefficient (Wildman–Crippen LogP) is 4.19. The van der Waals surface area contributed by atoms with Crippen molar-refractivity contribution in [1.82, 2.24) is 5.32 Å². The van der Waals surface area contributed by atoms with Crippen LogP contribution in [0.3, 0.4) is 0 Å². The monoisotopic (exact) mass is 365 g/mol. The van der Waals surface area contributed by atoms with Crippen LogP contribution in [0, 0.1) is 5.92 Å². The third-order valence-electron chi connectivity index (χ3n) is 4.99. The lowest BCUT2D eigenvalue weighted by molar-refractivity contribution is -0.140. The molecule has 0 fully saturated rings. The number of aliphatic carboxylic acids is 1. The molecule has 140 valence electrons. The Morgan fingerprint density at radius 1 is 1.15 bits per heavy atom. The Balaban J connectivity index is 1.70. The summed E-state index contributed by atoms with van der Waals surface area (Å²) < 4.78 is 5.41. The largest absolute Gasteiger partial charge is 0.480 e. The Morgan fingerprint density at radius 3 is 2.22 bits per heavy atom. The molecule has 0 bridgehead atoms. The molecule has 2 atom stereocenters. The summed E-state index contributed by atoms with van der Waals surface area (Å²) in [5.41, 5.74) is 4.51. The Bertz CT molecular complexity index is 815. The number of alkyl carbamates (subject to hydrolysis) is 1. The molecule has 3 rings (SSSR count). The van der Waals surface area contributed by atoms with Crippen LogP contribution in [-0.2, 0) is 9.53 Å². The van der Waals surface area contributed by atoms with E-state index in [-0.39, 0.29) is 18.4 Å². The van der Waals surface area contributed by atoms with E-state index in [4.69, 9.17) is 4.74 Å². The summed E-state index contributed by atoms with van der Waals surface area (Å²) in [5.74, 6) is -1.42. The van der Waals surface area contributed by atoms with Crippen LogP contribution in [0.2, 0.25) is 0 Å². The summed E-state index contributed by atoms with van der Waals surface area (Å²) in [6.07, 6.45) is 1.40. The number of hydrogen-bond donors (Lipinski definition) is 2. The van der Waals surface area contributed by atoms with Crippen LogP contribution < -0.4 is 5.32 Å². The summed E-state index contributed by atoms with van der Waals surface area (Å²) in [6, 6.07) is 15.1. The van der Waals surface area contributed by atoms with Gasteiger partial charge in [0.1, 0.15) is 12.6 Å². The fraction of sp³-hybridized carbons (Fsp3) is 0.273. The van der Waals surface area contributed by atoms with E-state index < -0.39 is 18.1 Å². The number of ether oxygens (including phenoxy) is 1. The zero-order chi connectivity index (χ0) is 19.4. The molecular weight excluding hydrogens is 342 g/mol. The molecule has 0 radical (unpaired) electrons. The van der Waals surface area contributed by atoms with E-state index >= 15 is 0 Å². The van der Waals surface area contributed by atoms with Crippen molar-refractivity contribution in [3.05, 3.63) is 72.3 Å². The molecule has 1 amide bonds. The molecule has 5 heteroatoms. The van der Waals surface area contributed by atoms with Crippen LogP contribution >= 0.6 is 0 Å². The fourth-order valence-corrected chi connectivity index (χ4v) is 3.61. The SMILES string of the molecule is C=CC[C@H](C)[C@@H](NC(=O)OCC1c2ccccc2-c2ccccc21)C(=O)O. The minimum Gasteiger partial charge on any atom is -0.480 e. The van der Waals surface area contributed by atoms with Crippen LogP contribution in [0.4, 0.5) is 4.79 Å². The summed E-state index contributed by atoms with van der Waals surface area (Å²) in [4.78, 5) is 23.7. The standard InChI is InChI=1S/C22H23NO4/c1-3-8-14(2)20(21(24)25)23-22(26)27-13-19-17-11-6-4-9-15(17)16-10-5-7-12-18(16)19/h3-7,9-12,14,19-20H,1,8,13H2,2H3,(H,23,26)(H,24,25)/t14-,20+/m0/s1. The minimum absolute atomic E-state index is 0.0583. The summed E-state index contributed by atoms with van der Waals surface area (Å²) in [7, 11) is 0. The lowest BCUT2D eigenvalue weighted by Gasteiger charge is -2.21. The summed E-state index contributed by atoms with van der Waals surface area (Å²) >= 11 is 0. The third kappa shape index (κ3) is 3.87. The number of benzene rings is 2. The maximum atomic E-state index is 12.2. The molecule has 0 saturated heterocycles. The van der Waals surface area contributed by atoms with E-state index in [1.807, 2.05) is 36.4 Å². The van der Waals surface area contributed by atoms with Gasteiger partial charge in [-0.2, -0.15) is 0 Å². The number of hydrogen-bond acceptors (Lipinski definition) is 3. The zero-order valence-electron chi connectivity index (χ0n) is 15.2. The highest BCUT2D eigenvalue weighted by atomic mass is 16.5. The molecule has 27 heavy (non-hydrogen) atoms. The van der Waals surface area contributed by atoms with Crippen molar-refractivity contribution in [3.63, 3.8) is 0 Å². The summed E-state index contributed by atoms with van der Waals surface area (Å²) in [5, 5.41) is 11.8. The molecule has 0 unspecified atom stereocenters. The molecule has 2 N–H and O–H groups in total. The molecule has 0 saturated carbocycles. The smallest absolute Gasteiger partial charge is 0.407 e. The maximum absolute atomic E-state index is 12.2. The number of carboxylic acids is 1. The zero-order valence-corrected chi connectivity index (χ0v) is 15.2. The number of nitrogens with one attached hydrogen (secondary N) is 1. The first-order valence-electron chi connectivity index (χ1n) is 8.98. The topological polar surface area (TPSA) is 75.6 Å². The second kappa shape index (κ2) is 8.08. The van der Waals surface area contributed by atoms with Crippen LogP contribution in [0.5, 0.6) is 0 Å². The number of carbonyl (C=O) groups is 2. The van der Waals surface area contributed by atoms with E-state index in [1.165, 1.54) is 0 Å². The second-order valence-corrected chi connectivity index (χ2v) is 6.79. The molecule has 0 heterocycles. The van der Waals surface area contributed by atoms with Gasteiger partial charge >= 0.3 is 12.1 Å².